The molecule has 0 N–H and O–H groups in total. The van der Waals surface area contributed by atoms with Gasteiger partial charge >= 0.3 is 0 Å². The van der Waals surface area contributed by atoms with Crippen LogP contribution >= 0.6 is 0 Å². The van der Waals surface area contributed by atoms with E-state index in [0.29, 0.717) is 17.1 Å². The summed E-state index contributed by atoms with van der Waals surface area (Å²) < 4.78 is 14.5. The number of nitrogens with zero attached hydrogens (tertiary/aromatic N) is 5. The van der Waals surface area contributed by atoms with Crippen molar-refractivity contribution in [1.29, 1.82) is 0 Å². The molecule has 2 aromatic heterocycles. The van der Waals surface area contributed by atoms with Crippen LogP contribution in [0.25, 0.3) is 17.1 Å². The maximum Gasteiger partial charge on any atom is 0.287 e. The van der Waals surface area contributed by atoms with Crippen LogP contribution in [0, 0.1) is 15.9 Å². The van der Waals surface area contributed by atoms with Gasteiger partial charge in [-0.3, -0.25) is 10.1 Å². The summed E-state index contributed by atoms with van der Waals surface area (Å²) in [5, 5.41) is 18.4. The highest BCUT2D eigenvalue weighted by molar-refractivity contribution is 5.57. The lowest BCUT2D eigenvalue weighted by molar-refractivity contribution is -0.385. The zero-order valence-corrected chi connectivity index (χ0v) is 10.5. The maximum absolute atomic E-state index is 13.2. The molecule has 0 spiro atoms. The summed E-state index contributed by atoms with van der Waals surface area (Å²) in [6, 6.07) is 8.76. The van der Waals surface area contributed by atoms with Crippen LogP contribution in [-0.2, 0) is 0 Å². The lowest BCUT2D eigenvalue weighted by atomic mass is 10.2. The summed E-state index contributed by atoms with van der Waals surface area (Å²) in [7, 11) is 0. The molecule has 0 bridgehead atoms. The van der Waals surface area contributed by atoms with Crippen LogP contribution in [0.1, 0.15) is 0 Å². The monoisotopic (exact) mass is 285 g/mol. The molecule has 104 valence electrons. The minimum Gasteiger partial charge on any atom is -0.258 e. The van der Waals surface area contributed by atoms with Crippen LogP contribution in [0.4, 0.5) is 10.1 Å². The van der Waals surface area contributed by atoms with E-state index in [1.807, 2.05) is 0 Å². The second kappa shape index (κ2) is 5.08. The van der Waals surface area contributed by atoms with Crippen molar-refractivity contribution in [2.24, 2.45) is 0 Å². The summed E-state index contributed by atoms with van der Waals surface area (Å²) in [4.78, 5) is 14.0. The molecule has 0 fully saturated rings. The summed E-state index contributed by atoms with van der Waals surface area (Å²) in [6.45, 7) is 0. The lowest BCUT2D eigenvalue weighted by Gasteiger charge is -1.98. The molecule has 0 radical (unpaired) electrons. The Morgan fingerprint density at radius 3 is 2.76 bits per heavy atom. The number of aromatic nitrogens is 4. The van der Waals surface area contributed by atoms with Crippen molar-refractivity contribution in [1.82, 2.24) is 20.0 Å². The molecule has 8 heteroatoms. The first-order valence-electron chi connectivity index (χ1n) is 5.92. The quantitative estimate of drug-likeness (QED) is 0.544. The predicted molar refractivity (Wildman–Crippen MR) is 71.2 cm³/mol. The third-order valence-electron chi connectivity index (χ3n) is 2.79. The largest absolute Gasteiger partial charge is 0.287 e. The van der Waals surface area contributed by atoms with Crippen molar-refractivity contribution >= 4 is 5.69 Å². The number of nitro groups is 1. The van der Waals surface area contributed by atoms with Gasteiger partial charge in [-0.15, -0.1) is 5.10 Å². The van der Waals surface area contributed by atoms with E-state index in [9.17, 15) is 14.5 Å². The molecular weight excluding hydrogens is 277 g/mol. The fourth-order valence-corrected chi connectivity index (χ4v) is 1.78. The summed E-state index contributed by atoms with van der Waals surface area (Å²) >= 11 is 0. The van der Waals surface area contributed by atoms with E-state index in [4.69, 9.17) is 0 Å². The van der Waals surface area contributed by atoms with Gasteiger partial charge in [0.15, 0.2) is 5.82 Å². The van der Waals surface area contributed by atoms with Crippen LogP contribution in [-0.4, -0.2) is 24.9 Å². The van der Waals surface area contributed by atoms with Gasteiger partial charge in [0.25, 0.3) is 5.69 Å². The van der Waals surface area contributed by atoms with Crippen LogP contribution < -0.4 is 0 Å². The standard InChI is InChI=1S/C13H8FN5O2/c14-10-3-1-2-9(6-10)12-8-18(17-16-12)13-5-4-11(7-15-13)19(20)21/h1-8H. The second-order valence-electron chi connectivity index (χ2n) is 4.19. The van der Waals surface area contributed by atoms with Crippen molar-refractivity contribution in [3.63, 3.8) is 0 Å². The van der Waals surface area contributed by atoms with Crippen molar-refractivity contribution in [3.8, 4) is 17.1 Å². The topological polar surface area (TPSA) is 86.7 Å². The SMILES string of the molecule is O=[N+]([O-])c1ccc(-n2cc(-c3cccc(F)c3)nn2)nc1. The molecule has 0 aliphatic rings. The minimum absolute atomic E-state index is 0.107. The van der Waals surface area contributed by atoms with E-state index in [-0.39, 0.29) is 11.5 Å². The summed E-state index contributed by atoms with van der Waals surface area (Å²) in [5.41, 5.74) is 0.960. The van der Waals surface area contributed by atoms with Gasteiger partial charge in [0, 0.05) is 11.6 Å². The van der Waals surface area contributed by atoms with Crippen LogP contribution in [0.2, 0.25) is 0 Å². The third kappa shape index (κ3) is 2.59. The van der Waals surface area contributed by atoms with E-state index in [1.165, 1.54) is 28.9 Å². The van der Waals surface area contributed by atoms with Crippen LogP contribution in [0.5, 0.6) is 0 Å². The highest BCUT2D eigenvalue weighted by Crippen LogP contribution is 2.18. The average molecular weight is 285 g/mol. The number of hydrogen-bond donors (Lipinski definition) is 0. The third-order valence-corrected chi connectivity index (χ3v) is 2.79. The molecule has 3 rings (SSSR count). The highest BCUT2D eigenvalue weighted by Gasteiger charge is 2.09. The number of benzene rings is 1. The van der Waals surface area contributed by atoms with Gasteiger partial charge in [-0.2, -0.15) is 0 Å². The Morgan fingerprint density at radius 1 is 1.24 bits per heavy atom. The first-order chi connectivity index (χ1) is 10.1. The van der Waals surface area contributed by atoms with Gasteiger partial charge in [0.2, 0.25) is 0 Å². The Hall–Kier alpha value is -3.16. The second-order valence-corrected chi connectivity index (χ2v) is 4.19. The van der Waals surface area contributed by atoms with Crippen molar-refractivity contribution in [2.45, 2.75) is 0 Å². The molecule has 3 aromatic rings. The van der Waals surface area contributed by atoms with E-state index < -0.39 is 4.92 Å². The molecular formula is C13H8FN5O2. The molecule has 0 saturated carbocycles. The molecule has 0 aliphatic heterocycles. The summed E-state index contributed by atoms with van der Waals surface area (Å²) in [6.07, 6.45) is 2.71. The molecule has 7 nitrogen and oxygen atoms in total. The average Bonchev–Trinajstić information content (AvgIpc) is 2.97. The first-order valence-corrected chi connectivity index (χ1v) is 5.92. The van der Waals surface area contributed by atoms with Crippen molar-refractivity contribution in [2.75, 3.05) is 0 Å². The van der Waals surface area contributed by atoms with E-state index in [2.05, 4.69) is 15.3 Å². The fourth-order valence-electron chi connectivity index (χ4n) is 1.78. The maximum atomic E-state index is 13.2. The van der Waals surface area contributed by atoms with E-state index in [0.717, 1.165) is 6.20 Å². The van der Waals surface area contributed by atoms with Gasteiger partial charge in [-0.1, -0.05) is 17.3 Å². The molecule has 0 aliphatic carbocycles. The van der Waals surface area contributed by atoms with Gasteiger partial charge < -0.3 is 0 Å². The molecule has 0 saturated heterocycles. The van der Waals surface area contributed by atoms with E-state index >= 15 is 0 Å². The Morgan fingerprint density at radius 2 is 2.10 bits per heavy atom. The number of rotatable bonds is 3. The van der Waals surface area contributed by atoms with Gasteiger partial charge in [0.05, 0.1) is 11.1 Å². The van der Waals surface area contributed by atoms with Crippen LogP contribution in [0.3, 0.4) is 0 Å². The molecule has 2 heterocycles. The van der Waals surface area contributed by atoms with Crippen molar-refractivity contribution < 1.29 is 9.31 Å². The first kappa shape index (κ1) is 12.9. The lowest BCUT2D eigenvalue weighted by Crippen LogP contribution is -1.98. The molecule has 0 unspecified atom stereocenters. The molecule has 0 amide bonds. The van der Waals surface area contributed by atoms with Gasteiger partial charge in [0.1, 0.15) is 17.7 Å². The summed E-state index contributed by atoms with van der Waals surface area (Å²) in [5.74, 6) is 0.0197. The Labute approximate surface area is 117 Å². The Kier molecular flexibility index (Phi) is 3.11. The van der Waals surface area contributed by atoms with E-state index in [1.54, 1.807) is 18.3 Å². The van der Waals surface area contributed by atoms with Crippen LogP contribution in [0.15, 0.2) is 48.8 Å². The Bertz CT molecular complexity index is 800. The van der Waals surface area contributed by atoms with Gasteiger partial charge in [-0.25, -0.2) is 14.1 Å². The number of hydrogen-bond acceptors (Lipinski definition) is 5. The number of halogens is 1. The highest BCUT2D eigenvalue weighted by atomic mass is 19.1. The molecule has 1 aromatic carbocycles. The minimum atomic E-state index is -0.531. The predicted octanol–water partition coefficient (Wildman–Crippen LogP) is 2.38. The number of pyridine rings is 1. The molecule has 21 heavy (non-hydrogen) atoms. The van der Waals surface area contributed by atoms with Gasteiger partial charge in [-0.05, 0) is 18.2 Å². The van der Waals surface area contributed by atoms with Crippen molar-refractivity contribution in [3.05, 3.63) is 64.7 Å². The normalized spacial score (nSPS) is 10.5. The smallest absolute Gasteiger partial charge is 0.258 e. The zero-order chi connectivity index (χ0) is 14.8. The Balaban J connectivity index is 1.93. The zero-order valence-electron chi connectivity index (χ0n) is 10.5. The fraction of sp³-hybridized carbons (Fsp3) is 0. The molecule has 0 atom stereocenters.